The molecule has 2 unspecified atom stereocenters. The zero-order chi connectivity index (χ0) is 25.9. The predicted molar refractivity (Wildman–Crippen MR) is 147 cm³/mol. The highest BCUT2D eigenvalue weighted by molar-refractivity contribution is 8.00. The minimum absolute atomic E-state index is 0.0199. The summed E-state index contributed by atoms with van der Waals surface area (Å²) >= 11 is 1.49. The molecule has 0 spiro atoms. The van der Waals surface area contributed by atoms with E-state index in [9.17, 15) is 9.59 Å². The van der Waals surface area contributed by atoms with E-state index in [-0.39, 0.29) is 23.6 Å². The van der Waals surface area contributed by atoms with Crippen LogP contribution in [0.4, 0.5) is 0 Å². The van der Waals surface area contributed by atoms with Crippen molar-refractivity contribution < 1.29 is 14.3 Å². The molecule has 3 aromatic carbocycles. The fourth-order valence-electron chi connectivity index (χ4n) is 3.83. The normalized spacial score (nSPS) is 12.4. The van der Waals surface area contributed by atoms with Gasteiger partial charge >= 0.3 is 0 Å². The molecule has 0 fully saturated rings. The lowest BCUT2D eigenvalue weighted by Crippen LogP contribution is -2.52. The molecule has 0 aliphatic carbocycles. The van der Waals surface area contributed by atoms with Crippen molar-refractivity contribution in [2.24, 2.45) is 0 Å². The Bertz CT molecular complexity index is 1120. The molecule has 36 heavy (non-hydrogen) atoms. The van der Waals surface area contributed by atoms with Crippen molar-refractivity contribution in [2.45, 2.75) is 57.1 Å². The number of nitrogens with one attached hydrogen (secondary N) is 1. The third kappa shape index (κ3) is 8.16. The van der Waals surface area contributed by atoms with Crippen LogP contribution in [0, 0.1) is 6.92 Å². The van der Waals surface area contributed by atoms with Crippen molar-refractivity contribution in [3.05, 3.63) is 95.6 Å². The minimum atomic E-state index is -0.640. The minimum Gasteiger partial charge on any atom is -0.497 e. The highest BCUT2D eigenvalue weighted by Crippen LogP contribution is 2.23. The third-order valence-electron chi connectivity index (χ3n) is 6.14. The van der Waals surface area contributed by atoms with Gasteiger partial charge in [0.05, 0.1) is 12.9 Å². The molecule has 0 saturated heterocycles. The van der Waals surface area contributed by atoms with E-state index in [2.05, 4.69) is 5.32 Å². The van der Waals surface area contributed by atoms with Crippen LogP contribution in [-0.4, -0.2) is 41.7 Å². The number of aryl methyl sites for hydroxylation is 1. The van der Waals surface area contributed by atoms with Crippen molar-refractivity contribution in [1.82, 2.24) is 10.2 Å². The molecule has 5 nitrogen and oxygen atoms in total. The topological polar surface area (TPSA) is 58.6 Å². The molecule has 3 rings (SSSR count). The molecular weight excluding hydrogens is 468 g/mol. The second-order valence-electron chi connectivity index (χ2n) is 9.00. The lowest BCUT2D eigenvalue weighted by Gasteiger charge is -2.32. The Morgan fingerprint density at radius 1 is 0.972 bits per heavy atom. The first-order valence-corrected chi connectivity index (χ1v) is 13.3. The highest BCUT2D eigenvalue weighted by Gasteiger charge is 2.31. The molecular formula is C30H36N2O3S. The first-order valence-electron chi connectivity index (χ1n) is 12.4. The predicted octanol–water partition coefficient (Wildman–Crippen LogP) is 5.65. The number of hydrogen-bond acceptors (Lipinski definition) is 4. The van der Waals surface area contributed by atoms with Crippen LogP contribution in [0.3, 0.4) is 0 Å². The molecule has 0 bridgehead atoms. The van der Waals surface area contributed by atoms with Crippen LogP contribution in [0.25, 0.3) is 0 Å². The number of carbonyl (C=O) groups is 2. The van der Waals surface area contributed by atoms with E-state index in [0.29, 0.717) is 13.0 Å². The quantitative estimate of drug-likeness (QED) is 0.324. The van der Waals surface area contributed by atoms with Crippen LogP contribution in [0.15, 0.2) is 83.8 Å². The summed E-state index contributed by atoms with van der Waals surface area (Å²) in [4.78, 5) is 30.0. The average Bonchev–Trinajstić information content (AvgIpc) is 2.90. The Kier molecular flexibility index (Phi) is 10.4. The second kappa shape index (κ2) is 13.7. The van der Waals surface area contributed by atoms with Crippen molar-refractivity contribution in [3.8, 4) is 5.75 Å². The first kappa shape index (κ1) is 27.3. The summed E-state index contributed by atoms with van der Waals surface area (Å²) in [5.41, 5.74) is 3.10. The van der Waals surface area contributed by atoms with Gasteiger partial charge in [0.25, 0.3) is 0 Å². The lowest BCUT2D eigenvalue weighted by molar-refractivity contribution is -0.139. The van der Waals surface area contributed by atoms with E-state index in [4.69, 9.17) is 4.74 Å². The molecule has 0 heterocycles. The fraction of sp³-hybridized carbons (Fsp3) is 0.333. The standard InChI is InChI=1S/C30H36N2O3S/c1-5-23(3)31-30(34)28(19-24-10-7-6-8-11-24)32(20-25-12-9-13-26(18-25)35-4)29(33)21-36-27-16-14-22(2)15-17-27/h6-18,23,28H,5,19-21H2,1-4H3,(H,31,34). The van der Waals surface area contributed by atoms with Crippen molar-refractivity contribution in [2.75, 3.05) is 12.9 Å². The zero-order valence-corrected chi connectivity index (χ0v) is 22.4. The van der Waals surface area contributed by atoms with Crippen LogP contribution in [0.5, 0.6) is 5.75 Å². The van der Waals surface area contributed by atoms with Gasteiger partial charge in [-0.2, -0.15) is 0 Å². The summed E-state index contributed by atoms with van der Waals surface area (Å²) < 4.78 is 5.40. The molecule has 0 aliphatic heterocycles. The van der Waals surface area contributed by atoms with Crippen LogP contribution in [0.2, 0.25) is 0 Å². The average molecular weight is 505 g/mol. The Labute approximate surface area is 219 Å². The van der Waals surface area contributed by atoms with Crippen LogP contribution in [0.1, 0.15) is 37.0 Å². The number of ether oxygens (including phenoxy) is 1. The van der Waals surface area contributed by atoms with Crippen LogP contribution >= 0.6 is 11.8 Å². The summed E-state index contributed by atoms with van der Waals surface area (Å²) in [5.74, 6) is 0.751. The molecule has 0 aliphatic rings. The van der Waals surface area contributed by atoms with Gasteiger partial charge in [0.1, 0.15) is 11.8 Å². The SMILES string of the molecule is CCC(C)NC(=O)C(Cc1ccccc1)N(Cc1cccc(OC)c1)C(=O)CSc1ccc(C)cc1. The van der Waals surface area contributed by atoms with Crippen molar-refractivity contribution in [1.29, 1.82) is 0 Å². The van der Waals surface area contributed by atoms with E-state index in [0.717, 1.165) is 28.2 Å². The van der Waals surface area contributed by atoms with Gasteiger partial charge in [-0.25, -0.2) is 0 Å². The van der Waals surface area contributed by atoms with Gasteiger partial charge < -0.3 is 15.0 Å². The van der Waals surface area contributed by atoms with Gasteiger partial charge in [0, 0.05) is 23.9 Å². The fourth-order valence-corrected chi connectivity index (χ4v) is 4.61. The molecule has 0 saturated carbocycles. The number of nitrogens with zero attached hydrogens (tertiary/aromatic N) is 1. The number of thioether (sulfide) groups is 1. The molecule has 6 heteroatoms. The monoisotopic (exact) mass is 504 g/mol. The summed E-state index contributed by atoms with van der Waals surface area (Å²) in [5, 5.41) is 3.11. The largest absolute Gasteiger partial charge is 0.497 e. The maximum Gasteiger partial charge on any atom is 0.243 e. The number of carbonyl (C=O) groups excluding carboxylic acids is 2. The Morgan fingerprint density at radius 2 is 1.67 bits per heavy atom. The Balaban J connectivity index is 1.92. The van der Waals surface area contributed by atoms with Gasteiger partial charge in [0.2, 0.25) is 11.8 Å². The van der Waals surface area contributed by atoms with Crippen LogP contribution in [-0.2, 0) is 22.6 Å². The van der Waals surface area contributed by atoms with E-state index in [1.807, 2.05) is 99.6 Å². The van der Waals surface area contributed by atoms with Gasteiger partial charge in [-0.1, -0.05) is 67.1 Å². The molecule has 1 N–H and O–H groups in total. The summed E-state index contributed by atoms with van der Waals surface area (Å²) in [6, 6.07) is 25.0. The summed E-state index contributed by atoms with van der Waals surface area (Å²) in [7, 11) is 1.62. The van der Waals surface area contributed by atoms with Gasteiger partial charge in [0.15, 0.2) is 0 Å². The number of methoxy groups -OCH3 is 1. The van der Waals surface area contributed by atoms with Crippen molar-refractivity contribution >= 4 is 23.6 Å². The maximum absolute atomic E-state index is 13.7. The van der Waals surface area contributed by atoms with E-state index in [1.54, 1.807) is 12.0 Å². The summed E-state index contributed by atoms with van der Waals surface area (Å²) in [6.45, 7) is 6.38. The molecule has 2 atom stereocenters. The number of amides is 2. The Morgan fingerprint density at radius 3 is 2.33 bits per heavy atom. The van der Waals surface area contributed by atoms with E-state index >= 15 is 0 Å². The Hall–Kier alpha value is -3.25. The number of hydrogen-bond donors (Lipinski definition) is 1. The first-order chi connectivity index (χ1) is 17.4. The van der Waals surface area contributed by atoms with Gasteiger partial charge in [-0.15, -0.1) is 11.8 Å². The third-order valence-corrected chi connectivity index (χ3v) is 7.14. The van der Waals surface area contributed by atoms with E-state index in [1.165, 1.54) is 17.3 Å². The maximum atomic E-state index is 13.7. The summed E-state index contributed by atoms with van der Waals surface area (Å²) in [6.07, 6.45) is 1.25. The molecule has 0 radical (unpaired) electrons. The van der Waals surface area contributed by atoms with Crippen molar-refractivity contribution in [3.63, 3.8) is 0 Å². The lowest BCUT2D eigenvalue weighted by atomic mass is 10.0. The van der Waals surface area contributed by atoms with E-state index < -0.39 is 6.04 Å². The zero-order valence-electron chi connectivity index (χ0n) is 21.6. The smallest absolute Gasteiger partial charge is 0.243 e. The number of rotatable bonds is 12. The highest BCUT2D eigenvalue weighted by atomic mass is 32.2. The molecule has 190 valence electrons. The van der Waals surface area contributed by atoms with Crippen LogP contribution < -0.4 is 10.1 Å². The van der Waals surface area contributed by atoms with Gasteiger partial charge in [-0.3, -0.25) is 9.59 Å². The second-order valence-corrected chi connectivity index (χ2v) is 10.0. The van der Waals surface area contributed by atoms with Gasteiger partial charge in [-0.05, 0) is 55.7 Å². The molecule has 0 aromatic heterocycles. The molecule has 2 amide bonds. The molecule has 3 aromatic rings. The number of benzene rings is 3.